The van der Waals surface area contributed by atoms with E-state index in [1.54, 1.807) is 4.68 Å². The summed E-state index contributed by atoms with van der Waals surface area (Å²) in [6.45, 7) is 0. The van der Waals surface area contributed by atoms with Crippen LogP contribution in [-0.2, 0) is 4.79 Å². The molecule has 1 heterocycles. The fraction of sp³-hybridized carbons (Fsp3) is 0.333. The van der Waals surface area contributed by atoms with E-state index >= 15 is 0 Å². The lowest BCUT2D eigenvalue weighted by molar-refractivity contribution is -0.117. The highest BCUT2D eigenvalue weighted by Gasteiger charge is 2.29. The number of hydrogen-bond donors (Lipinski definition) is 1. The fourth-order valence-electron chi connectivity index (χ4n) is 1.77. The van der Waals surface area contributed by atoms with E-state index in [9.17, 15) is 4.79 Å². The molecular formula is C12H13N5OS. The zero-order valence-electron chi connectivity index (χ0n) is 10.4. The molecule has 1 aliphatic carbocycles. The van der Waals surface area contributed by atoms with Gasteiger partial charge in [0.15, 0.2) is 0 Å². The lowest BCUT2D eigenvalue weighted by Crippen LogP contribution is -2.13. The molecule has 2 aromatic rings. The number of thioether (sulfide) groups is 1. The van der Waals surface area contributed by atoms with Crippen LogP contribution in [0.1, 0.15) is 12.8 Å². The largest absolute Gasteiger partial charge is 0.326 e. The molecule has 6 nitrogen and oxygen atoms in total. The van der Waals surface area contributed by atoms with Crippen LogP contribution in [0.4, 0.5) is 5.69 Å². The first-order valence-corrected chi connectivity index (χ1v) is 7.24. The van der Waals surface area contributed by atoms with Gasteiger partial charge in [-0.2, -0.15) is 4.68 Å². The number of aromatic nitrogens is 4. The summed E-state index contributed by atoms with van der Waals surface area (Å²) in [5.74, 6) is 0.289. The monoisotopic (exact) mass is 275 g/mol. The molecular weight excluding hydrogens is 262 g/mol. The Morgan fingerprint density at radius 1 is 1.47 bits per heavy atom. The number of anilines is 1. The van der Waals surface area contributed by atoms with Crippen molar-refractivity contribution < 1.29 is 4.79 Å². The standard InChI is InChI=1S/C12H13N5OS/c1-19-12-14-15-16-17(12)10-4-2-3-9(7-10)13-11(18)8-5-6-8/h2-4,7-8H,5-6H2,1H3,(H,13,18). The van der Waals surface area contributed by atoms with E-state index in [2.05, 4.69) is 20.8 Å². The van der Waals surface area contributed by atoms with Crippen molar-refractivity contribution in [2.45, 2.75) is 18.0 Å². The zero-order valence-corrected chi connectivity index (χ0v) is 11.2. The van der Waals surface area contributed by atoms with Crippen LogP contribution < -0.4 is 5.32 Å². The van der Waals surface area contributed by atoms with Crippen molar-refractivity contribution in [1.82, 2.24) is 20.2 Å². The van der Waals surface area contributed by atoms with E-state index in [0.29, 0.717) is 5.16 Å². The van der Waals surface area contributed by atoms with Crippen LogP contribution in [0.2, 0.25) is 0 Å². The Labute approximate surface area is 114 Å². The first-order chi connectivity index (χ1) is 9.28. The average Bonchev–Trinajstić information content (AvgIpc) is 3.17. The Morgan fingerprint density at radius 2 is 2.32 bits per heavy atom. The molecule has 19 heavy (non-hydrogen) atoms. The molecule has 0 radical (unpaired) electrons. The molecule has 1 N–H and O–H groups in total. The van der Waals surface area contributed by atoms with Crippen molar-refractivity contribution in [2.75, 3.05) is 11.6 Å². The number of hydrogen-bond acceptors (Lipinski definition) is 5. The van der Waals surface area contributed by atoms with Gasteiger partial charge in [0, 0.05) is 11.6 Å². The molecule has 0 atom stereocenters. The van der Waals surface area contributed by atoms with Crippen LogP contribution in [-0.4, -0.2) is 32.4 Å². The van der Waals surface area contributed by atoms with Crippen molar-refractivity contribution >= 4 is 23.4 Å². The van der Waals surface area contributed by atoms with Crippen LogP contribution in [0.3, 0.4) is 0 Å². The van der Waals surface area contributed by atoms with Gasteiger partial charge in [-0.1, -0.05) is 17.8 Å². The highest BCUT2D eigenvalue weighted by atomic mass is 32.2. The number of amides is 1. The second-order valence-electron chi connectivity index (χ2n) is 4.39. The van der Waals surface area contributed by atoms with Crippen LogP contribution >= 0.6 is 11.8 Å². The highest BCUT2D eigenvalue weighted by Crippen LogP contribution is 2.30. The van der Waals surface area contributed by atoms with Crippen molar-refractivity contribution in [3.8, 4) is 5.69 Å². The van der Waals surface area contributed by atoms with E-state index in [1.807, 2.05) is 30.5 Å². The molecule has 1 saturated carbocycles. The van der Waals surface area contributed by atoms with Crippen LogP contribution in [0.5, 0.6) is 0 Å². The maximum absolute atomic E-state index is 11.7. The third-order valence-electron chi connectivity index (χ3n) is 2.93. The first-order valence-electron chi connectivity index (χ1n) is 6.01. The Kier molecular flexibility index (Phi) is 3.20. The van der Waals surface area contributed by atoms with Gasteiger partial charge in [-0.3, -0.25) is 4.79 Å². The molecule has 0 saturated heterocycles. The van der Waals surface area contributed by atoms with Crippen LogP contribution in [0.25, 0.3) is 5.69 Å². The summed E-state index contributed by atoms with van der Waals surface area (Å²) in [7, 11) is 0. The van der Waals surface area contributed by atoms with E-state index in [1.165, 1.54) is 11.8 Å². The van der Waals surface area contributed by atoms with Gasteiger partial charge >= 0.3 is 0 Å². The minimum absolute atomic E-state index is 0.0963. The third-order valence-corrected chi connectivity index (χ3v) is 3.55. The quantitative estimate of drug-likeness (QED) is 0.860. The Balaban J connectivity index is 1.84. The van der Waals surface area contributed by atoms with Gasteiger partial charge in [0.1, 0.15) is 0 Å². The molecule has 1 aromatic carbocycles. The van der Waals surface area contributed by atoms with Gasteiger partial charge in [-0.25, -0.2) is 0 Å². The zero-order chi connectivity index (χ0) is 13.2. The molecule has 7 heteroatoms. The minimum Gasteiger partial charge on any atom is -0.326 e. The second-order valence-corrected chi connectivity index (χ2v) is 5.16. The summed E-state index contributed by atoms with van der Waals surface area (Å²) in [6.07, 6.45) is 3.91. The van der Waals surface area contributed by atoms with Crippen molar-refractivity contribution in [1.29, 1.82) is 0 Å². The summed E-state index contributed by atoms with van der Waals surface area (Å²) in [6, 6.07) is 7.52. The molecule has 1 fully saturated rings. The predicted molar refractivity (Wildman–Crippen MR) is 72.3 cm³/mol. The van der Waals surface area contributed by atoms with E-state index in [4.69, 9.17) is 0 Å². The lowest BCUT2D eigenvalue weighted by atomic mass is 10.2. The third kappa shape index (κ3) is 2.60. The molecule has 0 aliphatic heterocycles. The number of rotatable bonds is 4. The van der Waals surface area contributed by atoms with Gasteiger partial charge in [0.2, 0.25) is 11.1 Å². The highest BCUT2D eigenvalue weighted by molar-refractivity contribution is 7.98. The smallest absolute Gasteiger partial charge is 0.227 e. The SMILES string of the molecule is CSc1nnnn1-c1cccc(NC(=O)C2CC2)c1. The topological polar surface area (TPSA) is 72.7 Å². The number of nitrogens with zero attached hydrogens (tertiary/aromatic N) is 4. The molecule has 0 spiro atoms. The molecule has 0 bridgehead atoms. The first kappa shape index (κ1) is 12.2. The number of benzene rings is 1. The van der Waals surface area contributed by atoms with Crippen molar-refractivity contribution in [2.24, 2.45) is 5.92 Å². The molecule has 3 rings (SSSR count). The van der Waals surface area contributed by atoms with Gasteiger partial charge in [-0.15, -0.1) is 5.10 Å². The molecule has 1 aromatic heterocycles. The van der Waals surface area contributed by atoms with Crippen LogP contribution in [0.15, 0.2) is 29.4 Å². The minimum atomic E-state index is 0.0963. The van der Waals surface area contributed by atoms with E-state index in [0.717, 1.165) is 24.2 Å². The summed E-state index contributed by atoms with van der Waals surface area (Å²) >= 11 is 1.47. The molecule has 0 unspecified atom stereocenters. The molecule has 98 valence electrons. The van der Waals surface area contributed by atoms with E-state index < -0.39 is 0 Å². The van der Waals surface area contributed by atoms with Crippen LogP contribution in [0, 0.1) is 5.92 Å². The van der Waals surface area contributed by atoms with Gasteiger partial charge in [0.05, 0.1) is 5.69 Å². The van der Waals surface area contributed by atoms with Gasteiger partial charge < -0.3 is 5.32 Å². The maximum Gasteiger partial charge on any atom is 0.227 e. The molecule has 1 amide bonds. The second kappa shape index (κ2) is 5.00. The predicted octanol–water partition coefficient (Wildman–Crippen LogP) is 1.73. The van der Waals surface area contributed by atoms with E-state index in [-0.39, 0.29) is 11.8 Å². The number of nitrogens with one attached hydrogen (secondary N) is 1. The Hall–Kier alpha value is -1.89. The number of tetrazole rings is 1. The number of carbonyl (C=O) groups excluding carboxylic acids is 1. The summed E-state index contributed by atoms with van der Waals surface area (Å²) in [4.78, 5) is 11.7. The fourth-order valence-corrected chi connectivity index (χ4v) is 2.21. The van der Waals surface area contributed by atoms with Gasteiger partial charge in [0.25, 0.3) is 0 Å². The van der Waals surface area contributed by atoms with Gasteiger partial charge in [-0.05, 0) is 47.7 Å². The Morgan fingerprint density at radius 3 is 3.05 bits per heavy atom. The van der Waals surface area contributed by atoms with Crippen molar-refractivity contribution in [3.63, 3.8) is 0 Å². The maximum atomic E-state index is 11.7. The lowest BCUT2D eigenvalue weighted by Gasteiger charge is -2.07. The normalized spacial score (nSPS) is 14.4. The summed E-state index contributed by atoms with van der Waals surface area (Å²) in [5, 5.41) is 15.1. The number of carbonyl (C=O) groups is 1. The summed E-state index contributed by atoms with van der Waals surface area (Å²) in [5.41, 5.74) is 1.61. The molecule has 1 aliphatic rings. The Bertz CT molecular complexity index is 608. The summed E-state index contributed by atoms with van der Waals surface area (Å²) < 4.78 is 1.65. The van der Waals surface area contributed by atoms with Crippen molar-refractivity contribution in [3.05, 3.63) is 24.3 Å². The average molecular weight is 275 g/mol.